The van der Waals surface area contributed by atoms with Crippen LogP contribution in [-0.4, -0.2) is 12.0 Å². The number of hydrogen-bond donors (Lipinski definition) is 1. The second-order valence-electron chi connectivity index (χ2n) is 5.71. The van der Waals surface area contributed by atoms with Crippen molar-refractivity contribution in [2.75, 3.05) is 7.05 Å². The molecule has 1 fully saturated rings. The van der Waals surface area contributed by atoms with E-state index in [0.717, 1.165) is 18.3 Å². The third-order valence-electron chi connectivity index (χ3n) is 4.27. The van der Waals surface area contributed by atoms with E-state index in [-0.39, 0.29) is 0 Å². The third-order valence-corrected chi connectivity index (χ3v) is 5.37. The molecule has 3 atom stereocenters. The molecule has 3 heteroatoms. The second-order valence-corrected chi connectivity index (χ2v) is 6.94. The lowest BCUT2D eigenvalue weighted by molar-refractivity contribution is 0.229. The third kappa shape index (κ3) is 2.94. The second kappa shape index (κ2) is 6.16. The predicted molar refractivity (Wildman–Crippen MR) is 79.2 cm³/mol. The molecule has 1 aliphatic carbocycles. The summed E-state index contributed by atoms with van der Waals surface area (Å²) in [6.07, 6.45) is 6.56. The van der Waals surface area contributed by atoms with Crippen molar-refractivity contribution in [1.82, 2.24) is 10.3 Å². The smallest absolute Gasteiger partial charge is 0.110 e. The summed E-state index contributed by atoms with van der Waals surface area (Å²) in [4.78, 5) is 6.26. The van der Waals surface area contributed by atoms with Crippen molar-refractivity contribution in [2.45, 2.75) is 58.9 Å². The largest absolute Gasteiger partial charge is 0.311 e. The fourth-order valence-electron chi connectivity index (χ4n) is 3.26. The first kappa shape index (κ1) is 14.0. The van der Waals surface area contributed by atoms with E-state index in [1.807, 2.05) is 11.3 Å². The Balaban J connectivity index is 2.16. The Labute approximate surface area is 115 Å². The molecule has 102 valence electrons. The molecule has 3 unspecified atom stereocenters. The van der Waals surface area contributed by atoms with E-state index < -0.39 is 0 Å². The average Bonchev–Trinajstić information content (AvgIpc) is 2.71. The molecule has 0 radical (unpaired) electrons. The molecule has 0 aromatic carbocycles. The van der Waals surface area contributed by atoms with Gasteiger partial charge in [0.15, 0.2) is 0 Å². The van der Waals surface area contributed by atoms with Crippen molar-refractivity contribution in [1.29, 1.82) is 0 Å². The Kier molecular flexibility index (Phi) is 4.79. The van der Waals surface area contributed by atoms with Gasteiger partial charge in [-0.25, -0.2) is 4.98 Å². The minimum atomic E-state index is 0.469. The summed E-state index contributed by atoms with van der Waals surface area (Å²) < 4.78 is 0. The molecule has 2 nitrogen and oxygen atoms in total. The van der Waals surface area contributed by atoms with Crippen LogP contribution in [0, 0.1) is 18.8 Å². The van der Waals surface area contributed by atoms with Crippen molar-refractivity contribution in [3.63, 3.8) is 0 Å². The predicted octanol–water partition coefficient (Wildman–Crippen LogP) is 4.10. The van der Waals surface area contributed by atoms with Gasteiger partial charge in [-0.15, -0.1) is 11.3 Å². The van der Waals surface area contributed by atoms with Crippen molar-refractivity contribution in [2.24, 2.45) is 11.8 Å². The van der Waals surface area contributed by atoms with Gasteiger partial charge < -0.3 is 5.32 Å². The molecule has 0 bridgehead atoms. The lowest BCUT2D eigenvalue weighted by Crippen LogP contribution is -2.28. The number of rotatable bonds is 4. The van der Waals surface area contributed by atoms with Crippen LogP contribution >= 0.6 is 11.3 Å². The van der Waals surface area contributed by atoms with E-state index in [9.17, 15) is 0 Å². The molecule has 18 heavy (non-hydrogen) atoms. The van der Waals surface area contributed by atoms with Crippen molar-refractivity contribution >= 4 is 11.3 Å². The number of aryl methyl sites for hydroxylation is 2. The first-order valence-electron chi connectivity index (χ1n) is 7.29. The Morgan fingerprint density at radius 1 is 1.44 bits per heavy atom. The van der Waals surface area contributed by atoms with Gasteiger partial charge in [0, 0.05) is 4.88 Å². The Hall–Kier alpha value is -0.410. The Morgan fingerprint density at radius 2 is 2.22 bits per heavy atom. The minimum Gasteiger partial charge on any atom is -0.311 e. The van der Waals surface area contributed by atoms with Gasteiger partial charge in [0.2, 0.25) is 0 Å². The fourth-order valence-corrected chi connectivity index (χ4v) is 4.47. The molecule has 0 aliphatic heterocycles. The van der Waals surface area contributed by atoms with Crippen LogP contribution in [0.4, 0.5) is 0 Å². The van der Waals surface area contributed by atoms with Gasteiger partial charge in [0.1, 0.15) is 5.01 Å². The Morgan fingerprint density at radius 3 is 2.78 bits per heavy atom. The molecule has 0 spiro atoms. The van der Waals surface area contributed by atoms with Crippen molar-refractivity contribution in [3.05, 3.63) is 15.6 Å². The van der Waals surface area contributed by atoms with Crippen LogP contribution in [0.5, 0.6) is 0 Å². The first-order valence-corrected chi connectivity index (χ1v) is 8.10. The summed E-state index contributed by atoms with van der Waals surface area (Å²) in [5.41, 5.74) is 1.29. The summed E-state index contributed by atoms with van der Waals surface area (Å²) in [7, 11) is 2.09. The summed E-state index contributed by atoms with van der Waals surface area (Å²) in [5, 5.41) is 4.83. The van der Waals surface area contributed by atoms with Gasteiger partial charge in [0.05, 0.1) is 11.7 Å². The molecule has 1 heterocycles. The fraction of sp³-hybridized carbons (Fsp3) is 0.800. The zero-order chi connectivity index (χ0) is 13.1. The van der Waals surface area contributed by atoms with Crippen LogP contribution in [0.3, 0.4) is 0 Å². The van der Waals surface area contributed by atoms with Crippen LogP contribution in [0.25, 0.3) is 0 Å². The van der Waals surface area contributed by atoms with Crippen molar-refractivity contribution in [3.8, 4) is 0 Å². The number of nitrogens with zero attached hydrogens (tertiary/aromatic N) is 1. The van der Waals surface area contributed by atoms with Crippen LogP contribution in [0.2, 0.25) is 0 Å². The quantitative estimate of drug-likeness (QED) is 0.887. The zero-order valence-electron chi connectivity index (χ0n) is 12.1. The van der Waals surface area contributed by atoms with Crippen LogP contribution < -0.4 is 5.32 Å². The monoisotopic (exact) mass is 266 g/mol. The van der Waals surface area contributed by atoms with E-state index in [2.05, 4.69) is 33.1 Å². The molecule has 1 aromatic heterocycles. The zero-order valence-corrected chi connectivity index (χ0v) is 12.9. The van der Waals surface area contributed by atoms with Gasteiger partial charge in [-0.3, -0.25) is 0 Å². The summed E-state index contributed by atoms with van der Waals surface area (Å²) in [5.74, 6) is 1.65. The molecule has 1 aliphatic rings. The normalized spacial score (nSPS) is 26.2. The lowest BCUT2D eigenvalue weighted by atomic mass is 9.79. The molecule has 1 saturated carbocycles. The molecule has 2 rings (SSSR count). The topological polar surface area (TPSA) is 24.9 Å². The molecular formula is C15H26N2S. The van der Waals surface area contributed by atoms with Gasteiger partial charge in [0.25, 0.3) is 0 Å². The SMILES string of the molecule is CCc1nc(C(NC)C2CCCC(C)C2)sc1C. The molecule has 1 N–H and O–H groups in total. The van der Waals surface area contributed by atoms with E-state index in [4.69, 9.17) is 4.98 Å². The van der Waals surface area contributed by atoms with E-state index in [1.165, 1.54) is 41.3 Å². The van der Waals surface area contributed by atoms with E-state index >= 15 is 0 Å². The molecule has 0 amide bonds. The summed E-state index contributed by atoms with van der Waals surface area (Å²) >= 11 is 1.89. The number of thiazole rings is 1. The standard InChI is InChI=1S/C15H26N2S/c1-5-13-11(3)18-15(17-13)14(16-4)12-8-6-7-10(2)9-12/h10,12,14,16H,5-9H2,1-4H3. The molecule has 0 saturated heterocycles. The van der Waals surface area contributed by atoms with E-state index in [1.54, 1.807) is 0 Å². The lowest BCUT2D eigenvalue weighted by Gasteiger charge is -2.32. The maximum Gasteiger partial charge on any atom is 0.110 e. The molecular weight excluding hydrogens is 240 g/mol. The minimum absolute atomic E-state index is 0.469. The number of aromatic nitrogens is 1. The van der Waals surface area contributed by atoms with E-state index in [0.29, 0.717) is 6.04 Å². The maximum atomic E-state index is 4.86. The highest BCUT2D eigenvalue weighted by atomic mass is 32.1. The Bertz CT molecular complexity index is 386. The highest BCUT2D eigenvalue weighted by Crippen LogP contribution is 2.38. The van der Waals surface area contributed by atoms with Gasteiger partial charge >= 0.3 is 0 Å². The highest BCUT2D eigenvalue weighted by Gasteiger charge is 2.29. The summed E-state index contributed by atoms with van der Waals surface area (Å²) in [6.45, 7) is 6.79. The van der Waals surface area contributed by atoms with Crippen LogP contribution in [0.15, 0.2) is 0 Å². The number of nitrogens with one attached hydrogen (secondary N) is 1. The maximum absolute atomic E-state index is 4.86. The van der Waals surface area contributed by atoms with Gasteiger partial charge in [-0.1, -0.05) is 26.7 Å². The summed E-state index contributed by atoms with van der Waals surface area (Å²) in [6, 6.07) is 0.469. The average molecular weight is 266 g/mol. The molecule has 1 aromatic rings. The van der Waals surface area contributed by atoms with Gasteiger partial charge in [-0.05, 0) is 45.1 Å². The van der Waals surface area contributed by atoms with Gasteiger partial charge in [-0.2, -0.15) is 0 Å². The highest BCUT2D eigenvalue weighted by molar-refractivity contribution is 7.11. The van der Waals surface area contributed by atoms with Crippen LogP contribution in [-0.2, 0) is 6.42 Å². The van der Waals surface area contributed by atoms with Crippen molar-refractivity contribution < 1.29 is 0 Å². The number of hydrogen-bond acceptors (Lipinski definition) is 3. The van der Waals surface area contributed by atoms with Crippen LogP contribution in [0.1, 0.15) is 61.2 Å². The first-order chi connectivity index (χ1) is 8.65.